The van der Waals surface area contributed by atoms with Crippen LogP contribution in [0.1, 0.15) is 29.4 Å². The van der Waals surface area contributed by atoms with E-state index >= 15 is 0 Å². The molecular formula is C15H17F2N5O2. The summed E-state index contributed by atoms with van der Waals surface area (Å²) in [5.41, 5.74) is 6.21. The van der Waals surface area contributed by atoms with Gasteiger partial charge in [0, 0.05) is 24.7 Å². The number of carbonyl (C=O) groups is 2. The van der Waals surface area contributed by atoms with E-state index in [-0.39, 0.29) is 12.1 Å². The maximum Gasteiger partial charge on any atom is 0.268 e. The van der Waals surface area contributed by atoms with Crippen molar-refractivity contribution in [3.05, 3.63) is 29.6 Å². The van der Waals surface area contributed by atoms with Crippen LogP contribution in [-0.2, 0) is 11.3 Å². The monoisotopic (exact) mass is 337 g/mol. The first kappa shape index (κ1) is 17.7. The first-order valence-corrected chi connectivity index (χ1v) is 7.31. The maximum absolute atomic E-state index is 13.4. The van der Waals surface area contributed by atoms with Crippen LogP contribution in [0.4, 0.5) is 8.78 Å². The minimum Gasteiger partial charge on any atom is -0.341 e. The molecule has 128 valence electrons. The second-order valence-electron chi connectivity index (χ2n) is 5.61. The summed E-state index contributed by atoms with van der Waals surface area (Å²) in [6.07, 6.45) is 0.719. The van der Waals surface area contributed by atoms with Crippen LogP contribution in [0.25, 0.3) is 0 Å². The van der Waals surface area contributed by atoms with Gasteiger partial charge in [-0.15, -0.1) is 0 Å². The van der Waals surface area contributed by atoms with Crippen molar-refractivity contribution in [1.82, 2.24) is 15.2 Å². The molecule has 1 fully saturated rings. The average molecular weight is 337 g/mol. The number of carbonyl (C=O) groups excluding carboxylic acids is 2. The summed E-state index contributed by atoms with van der Waals surface area (Å²) >= 11 is 0. The molecule has 1 aliphatic heterocycles. The fraction of sp³-hybridized carbons (Fsp3) is 0.467. The average Bonchev–Trinajstić information content (AvgIpc) is 2.88. The predicted octanol–water partition coefficient (Wildman–Crippen LogP) is 0.418. The number of nitrogens with two attached hydrogens (primary N) is 1. The van der Waals surface area contributed by atoms with Crippen LogP contribution in [-0.4, -0.2) is 46.2 Å². The van der Waals surface area contributed by atoms with Crippen molar-refractivity contribution >= 4 is 11.8 Å². The summed E-state index contributed by atoms with van der Waals surface area (Å²) in [7, 11) is 0. The molecule has 0 aromatic carbocycles. The minimum atomic E-state index is -3.10. The largest absolute Gasteiger partial charge is 0.341 e. The lowest BCUT2D eigenvalue weighted by Gasteiger charge is -2.23. The van der Waals surface area contributed by atoms with Gasteiger partial charge in [-0.3, -0.25) is 14.6 Å². The van der Waals surface area contributed by atoms with Gasteiger partial charge in [0.1, 0.15) is 12.1 Å². The Balaban J connectivity index is 2.06. The number of halogens is 2. The van der Waals surface area contributed by atoms with Gasteiger partial charge in [0.2, 0.25) is 5.91 Å². The number of aromatic nitrogens is 1. The molecule has 0 saturated carbocycles. The topological polar surface area (TPSA) is 112 Å². The van der Waals surface area contributed by atoms with Crippen molar-refractivity contribution in [1.29, 1.82) is 5.26 Å². The van der Waals surface area contributed by atoms with Gasteiger partial charge in [-0.25, -0.2) is 8.78 Å². The van der Waals surface area contributed by atoms with Gasteiger partial charge >= 0.3 is 0 Å². The Morgan fingerprint density at radius 2 is 2.33 bits per heavy atom. The maximum atomic E-state index is 13.4. The van der Waals surface area contributed by atoms with E-state index in [0.717, 1.165) is 4.90 Å². The summed E-state index contributed by atoms with van der Waals surface area (Å²) in [6, 6.07) is 2.39. The molecule has 0 bridgehead atoms. The molecule has 1 saturated heterocycles. The standard InChI is InChI=1S/C15H17F2N5O2/c1-9(14(24)22-8-15(16,17)5-12(22)7-19)21-13(23)10-2-3-20-11(4-10)6-18/h2-4,9,12H,5-6,8,18H2,1H3,(H,21,23)/t9-,12-/m0/s1. The third-order valence-corrected chi connectivity index (χ3v) is 3.71. The zero-order chi connectivity index (χ0) is 17.9. The van der Waals surface area contributed by atoms with Crippen molar-refractivity contribution in [2.24, 2.45) is 5.73 Å². The Labute approximate surface area is 137 Å². The molecule has 3 N–H and O–H groups in total. The number of alkyl halides is 2. The number of pyridine rings is 1. The molecule has 2 amide bonds. The smallest absolute Gasteiger partial charge is 0.268 e. The molecular weight excluding hydrogens is 320 g/mol. The summed E-state index contributed by atoms with van der Waals surface area (Å²) in [5.74, 6) is -4.37. The fourth-order valence-electron chi connectivity index (χ4n) is 2.49. The fourth-order valence-corrected chi connectivity index (χ4v) is 2.49. The highest BCUT2D eigenvalue weighted by molar-refractivity contribution is 5.97. The lowest BCUT2D eigenvalue weighted by molar-refractivity contribution is -0.134. The van der Waals surface area contributed by atoms with Crippen LogP contribution in [0.5, 0.6) is 0 Å². The molecule has 2 heterocycles. The first-order valence-electron chi connectivity index (χ1n) is 7.31. The zero-order valence-corrected chi connectivity index (χ0v) is 13.0. The highest BCUT2D eigenvalue weighted by atomic mass is 19.3. The van der Waals surface area contributed by atoms with Gasteiger partial charge in [0.15, 0.2) is 0 Å². The Kier molecular flexibility index (Phi) is 5.09. The summed E-state index contributed by atoms with van der Waals surface area (Å²) in [5, 5.41) is 11.4. The van der Waals surface area contributed by atoms with Crippen LogP contribution in [0.3, 0.4) is 0 Å². The number of rotatable bonds is 4. The van der Waals surface area contributed by atoms with Gasteiger partial charge in [0.05, 0.1) is 18.3 Å². The third kappa shape index (κ3) is 3.83. The molecule has 1 aromatic heterocycles. The van der Waals surface area contributed by atoms with Gasteiger partial charge < -0.3 is 16.0 Å². The zero-order valence-electron chi connectivity index (χ0n) is 13.0. The van der Waals surface area contributed by atoms with Gasteiger partial charge in [-0.1, -0.05) is 0 Å². The molecule has 1 aliphatic rings. The van der Waals surface area contributed by atoms with E-state index in [0.29, 0.717) is 5.69 Å². The van der Waals surface area contributed by atoms with E-state index in [2.05, 4.69) is 10.3 Å². The molecule has 1 aromatic rings. The summed E-state index contributed by atoms with van der Waals surface area (Å²) < 4.78 is 26.8. The van der Waals surface area contributed by atoms with Crippen LogP contribution < -0.4 is 11.1 Å². The van der Waals surface area contributed by atoms with E-state index in [1.165, 1.54) is 25.3 Å². The van der Waals surface area contributed by atoms with E-state index in [9.17, 15) is 18.4 Å². The normalized spacial score (nSPS) is 20.3. The number of hydrogen-bond acceptors (Lipinski definition) is 5. The number of nitrogens with zero attached hydrogens (tertiary/aromatic N) is 3. The van der Waals surface area contributed by atoms with Crippen molar-refractivity contribution < 1.29 is 18.4 Å². The molecule has 7 nitrogen and oxygen atoms in total. The van der Waals surface area contributed by atoms with Crippen LogP contribution >= 0.6 is 0 Å². The lowest BCUT2D eigenvalue weighted by Crippen LogP contribution is -2.48. The van der Waals surface area contributed by atoms with Crippen LogP contribution in [0.2, 0.25) is 0 Å². The quantitative estimate of drug-likeness (QED) is 0.827. The predicted molar refractivity (Wildman–Crippen MR) is 79.7 cm³/mol. The molecule has 0 aliphatic carbocycles. The van der Waals surface area contributed by atoms with E-state index in [1.54, 1.807) is 6.07 Å². The number of nitrogens with one attached hydrogen (secondary N) is 1. The molecule has 24 heavy (non-hydrogen) atoms. The van der Waals surface area contributed by atoms with E-state index < -0.39 is 42.8 Å². The Morgan fingerprint density at radius 1 is 1.62 bits per heavy atom. The number of likely N-dealkylation sites (tertiary alicyclic amines) is 1. The Hall–Kier alpha value is -2.60. The van der Waals surface area contributed by atoms with Crippen molar-refractivity contribution in [2.75, 3.05) is 6.54 Å². The Bertz CT molecular complexity index is 689. The van der Waals surface area contributed by atoms with E-state index in [1.807, 2.05) is 0 Å². The van der Waals surface area contributed by atoms with Crippen molar-refractivity contribution in [3.63, 3.8) is 0 Å². The molecule has 0 unspecified atom stereocenters. The van der Waals surface area contributed by atoms with Crippen LogP contribution in [0, 0.1) is 11.3 Å². The second kappa shape index (κ2) is 6.88. The van der Waals surface area contributed by atoms with Gasteiger partial charge in [0.25, 0.3) is 11.8 Å². The minimum absolute atomic E-state index is 0.155. The Morgan fingerprint density at radius 3 is 2.96 bits per heavy atom. The first-order chi connectivity index (χ1) is 11.3. The highest BCUT2D eigenvalue weighted by Crippen LogP contribution is 2.32. The molecule has 9 heteroatoms. The second-order valence-corrected chi connectivity index (χ2v) is 5.61. The molecule has 0 radical (unpaired) electrons. The van der Waals surface area contributed by atoms with Gasteiger partial charge in [-0.2, -0.15) is 5.26 Å². The molecule has 0 spiro atoms. The number of hydrogen-bond donors (Lipinski definition) is 2. The third-order valence-electron chi connectivity index (χ3n) is 3.71. The van der Waals surface area contributed by atoms with Crippen molar-refractivity contribution in [3.8, 4) is 6.07 Å². The number of amides is 2. The highest BCUT2D eigenvalue weighted by Gasteiger charge is 2.48. The molecule has 2 atom stereocenters. The summed E-state index contributed by atoms with van der Waals surface area (Å²) in [4.78, 5) is 29.2. The summed E-state index contributed by atoms with van der Waals surface area (Å²) in [6.45, 7) is 0.718. The van der Waals surface area contributed by atoms with Gasteiger partial charge in [-0.05, 0) is 19.1 Å². The van der Waals surface area contributed by atoms with Crippen molar-refractivity contribution in [2.45, 2.75) is 37.9 Å². The molecule has 2 rings (SSSR count). The lowest BCUT2D eigenvalue weighted by atomic mass is 10.2. The van der Waals surface area contributed by atoms with E-state index in [4.69, 9.17) is 11.0 Å². The van der Waals surface area contributed by atoms with Crippen LogP contribution in [0.15, 0.2) is 18.3 Å². The SMILES string of the molecule is C[C@H](NC(=O)c1ccnc(CN)c1)C(=O)N1CC(F)(F)C[C@H]1C#N. The number of nitriles is 1.